The van der Waals surface area contributed by atoms with Crippen molar-refractivity contribution in [3.8, 4) is 0 Å². The highest BCUT2D eigenvalue weighted by molar-refractivity contribution is 5.15. The second kappa shape index (κ2) is 5.23. The first-order valence-electron chi connectivity index (χ1n) is 6.94. The zero-order valence-corrected chi connectivity index (χ0v) is 12.4. The zero-order valence-electron chi connectivity index (χ0n) is 12.4. The molecule has 3 nitrogen and oxygen atoms in total. The van der Waals surface area contributed by atoms with Crippen molar-refractivity contribution in [2.24, 2.45) is 0 Å². The molecule has 2 atom stereocenters. The van der Waals surface area contributed by atoms with Gasteiger partial charge in [0.15, 0.2) is 0 Å². The number of hydrogen-bond acceptors (Lipinski definition) is 3. The molecule has 0 unspecified atom stereocenters. The van der Waals surface area contributed by atoms with Crippen LogP contribution in [0.3, 0.4) is 0 Å². The predicted molar refractivity (Wildman–Crippen MR) is 77.0 cm³/mol. The van der Waals surface area contributed by atoms with E-state index in [1.165, 1.54) is 5.56 Å². The summed E-state index contributed by atoms with van der Waals surface area (Å²) >= 11 is 0. The molecular formula is C16H25NO2. The van der Waals surface area contributed by atoms with Crippen molar-refractivity contribution in [1.82, 2.24) is 4.90 Å². The maximum absolute atomic E-state index is 10.1. The molecule has 0 bridgehead atoms. The fourth-order valence-electron chi connectivity index (χ4n) is 2.54. The van der Waals surface area contributed by atoms with Crippen molar-refractivity contribution >= 4 is 0 Å². The van der Waals surface area contributed by atoms with Gasteiger partial charge < -0.3 is 9.84 Å². The van der Waals surface area contributed by atoms with Crippen LogP contribution in [0.1, 0.15) is 33.3 Å². The van der Waals surface area contributed by atoms with Gasteiger partial charge in [0.25, 0.3) is 0 Å². The largest absolute Gasteiger partial charge is 0.391 e. The summed E-state index contributed by atoms with van der Waals surface area (Å²) in [5, 5.41) is 10.1. The van der Waals surface area contributed by atoms with Crippen LogP contribution < -0.4 is 0 Å². The smallest absolute Gasteiger partial charge is 0.0754 e. The van der Waals surface area contributed by atoms with Crippen molar-refractivity contribution in [3.05, 3.63) is 35.9 Å². The molecule has 1 saturated heterocycles. The fourth-order valence-corrected chi connectivity index (χ4v) is 2.54. The minimum atomic E-state index is -0.424. The number of aliphatic hydroxyl groups excluding tert-OH is 1. The van der Waals surface area contributed by atoms with Gasteiger partial charge in [-0.25, -0.2) is 0 Å². The number of rotatable bonds is 3. The molecular weight excluding hydrogens is 238 g/mol. The maximum atomic E-state index is 10.1. The van der Waals surface area contributed by atoms with Crippen LogP contribution in [0.2, 0.25) is 0 Å². The summed E-state index contributed by atoms with van der Waals surface area (Å²) in [6, 6.07) is 10.4. The molecule has 1 aliphatic rings. The van der Waals surface area contributed by atoms with E-state index in [4.69, 9.17) is 4.74 Å². The summed E-state index contributed by atoms with van der Waals surface area (Å²) in [5.74, 6) is 0. The van der Waals surface area contributed by atoms with Gasteiger partial charge in [0.1, 0.15) is 0 Å². The Balaban J connectivity index is 2.21. The highest BCUT2D eigenvalue weighted by Crippen LogP contribution is 2.32. The number of morpholine rings is 1. The molecule has 1 fully saturated rings. The van der Waals surface area contributed by atoms with Crippen LogP contribution in [0, 0.1) is 0 Å². The Kier molecular flexibility index (Phi) is 4.00. The van der Waals surface area contributed by atoms with E-state index in [1.54, 1.807) is 0 Å². The molecule has 0 aliphatic carbocycles. The van der Waals surface area contributed by atoms with Crippen LogP contribution >= 0.6 is 0 Å². The van der Waals surface area contributed by atoms with Crippen LogP contribution in [0.4, 0.5) is 0 Å². The standard InChI is InChI=1S/C16H25NO2/c1-13(18)16(4)12-19-15(2,3)11-17(16)10-14-8-6-5-7-9-14/h5-9,13,18H,10-12H2,1-4H3/t13-,16-/m1/s1. The predicted octanol–water partition coefficient (Wildman–Crippen LogP) is 2.44. The van der Waals surface area contributed by atoms with Crippen molar-refractivity contribution in [2.45, 2.75) is 51.5 Å². The molecule has 106 valence electrons. The van der Waals surface area contributed by atoms with E-state index in [1.807, 2.05) is 13.0 Å². The molecule has 0 radical (unpaired) electrons. The second-order valence-corrected chi connectivity index (χ2v) is 6.42. The minimum Gasteiger partial charge on any atom is -0.391 e. The molecule has 1 heterocycles. The average Bonchev–Trinajstić information content (AvgIpc) is 2.35. The van der Waals surface area contributed by atoms with Gasteiger partial charge in [0.05, 0.1) is 23.9 Å². The molecule has 0 saturated carbocycles. The number of nitrogens with zero attached hydrogens (tertiary/aromatic N) is 1. The first-order valence-corrected chi connectivity index (χ1v) is 6.94. The zero-order chi connectivity index (χ0) is 14.1. The summed E-state index contributed by atoms with van der Waals surface area (Å²) < 4.78 is 5.91. The van der Waals surface area contributed by atoms with E-state index in [0.717, 1.165) is 13.1 Å². The summed E-state index contributed by atoms with van der Waals surface area (Å²) in [5.41, 5.74) is 0.779. The van der Waals surface area contributed by atoms with Crippen LogP contribution in [0.15, 0.2) is 30.3 Å². The van der Waals surface area contributed by atoms with Gasteiger partial charge in [-0.3, -0.25) is 4.90 Å². The topological polar surface area (TPSA) is 32.7 Å². The molecule has 1 aliphatic heterocycles. The van der Waals surface area contributed by atoms with E-state index in [0.29, 0.717) is 6.61 Å². The lowest BCUT2D eigenvalue weighted by atomic mass is 9.89. The number of benzene rings is 1. The van der Waals surface area contributed by atoms with Gasteiger partial charge in [-0.05, 0) is 33.3 Å². The summed E-state index contributed by atoms with van der Waals surface area (Å²) in [4.78, 5) is 2.34. The van der Waals surface area contributed by atoms with Gasteiger partial charge in [0.2, 0.25) is 0 Å². The summed E-state index contributed by atoms with van der Waals surface area (Å²) in [7, 11) is 0. The Labute approximate surface area is 116 Å². The van der Waals surface area contributed by atoms with E-state index in [2.05, 4.69) is 49.9 Å². The van der Waals surface area contributed by atoms with Gasteiger partial charge in [0, 0.05) is 13.1 Å². The molecule has 2 rings (SSSR count). The van der Waals surface area contributed by atoms with Crippen molar-refractivity contribution in [1.29, 1.82) is 0 Å². The Bertz CT molecular complexity index is 416. The summed E-state index contributed by atoms with van der Waals surface area (Å²) in [6.45, 7) is 10.4. The van der Waals surface area contributed by atoms with E-state index in [9.17, 15) is 5.11 Å². The average molecular weight is 263 g/mol. The minimum absolute atomic E-state index is 0.164. The third kappa shape index (κ3) is 3.16. The Morgan fingerprint density at radius 2 is 1.89 bits per heavy atom. The third-order valence-electron chi connectivity index (χ3n) is 4.17. The van der Waals surface area contributed by atoms with Gasteiger partial charge in [-0.1, -0.05) is 30.3 Å². The third-order valence-corrected chi connectivity index (χ3v) is 4.17. The molecule has 3 heteroatoms. The normalized spacial score (nSPS) is 29.1. The number of aliphatic hydroxyl groups is 1. The van der Waals surface area contributed by atoms with Crippen LogP contribution in [-0.4, -0.2) is 40.4 Å². The van der Waals surface area contributed by atoms with Crippen LogP contribution in [-0.2, 0) is 11.3 Å². The quantitative estimate of drug-likeness (QED) is 0.909. The first-order chi connectivity index (χ1) is 8.83. The van der Waals surface area contributed by atoms with Crippen molar-refractivity contribution in [2.75, 3.05) is 13.2 Å². The SMILES string of the molecule is C[C@@H](O)[C@@]1(C)COC(C)(C)CN1Cc1ccccc1. The first kappa shape index (κ1) is 14.5. The van der Waals surface area contributed by atoms with E-state index >= 15 is 0 Å². The molecule has 0 spiro atoms. The highest BCUT2D eigenvalue weighted by atomic mass is 16.5. The van der Waals surface area contributed by atoms with Gasteiger partial charge in [-0.15, -0.1) is 0 Å². The lowest BCUT2D eigenvalue weighted by Gasteiger charge is -2.51. The number of hydrogen-bond donors (Lipinski definition) is 1. The van der Waals surface area contributed by atoms with Crippen LogP contribution in [0.25, 0.3) is 0 Å². The Morgan fingerprint density at radius 3 is 2.47 bits per heavy atom. The van der Waals surface area contributed by atoms with Crippen molar-refractivity contribution < 1.29 is 9.84 Å². The Morgan fingerprint density at radius 1 is 1.26 bits per heavy atom. The van der Waals surface area contributed by atoms with Crippen LogP contribution in [0.5, 0.6) is 0 Å². The van der Waals surface area contributed by atoms with E-state index in [-0.39, 0.29) is 11.1 Å². The maximum Gasteiger partial charge on any atom is 0.0754 e. The fraction of sp³-hybridized carbons (Fsp3) is 0.625. The van der Waals surface area contributed by atoms with Gasteiger partial charge >= 0.3 is 0 Å². The van der Waals surface area contributed by atoms with E-state index < -0.39 is 6.10 Å². The summed E-state index contributed by atoms with van der Waals surface area (Å²) in [6.07, 6.45) is -0.424. The monoisotopic (exact) mass is 263 g/mol. The van der Waals surface area contributed by atoms with Crippen molar-refractivity contribution in [3.63, 3.8) is 0 Å². The molecule has 19 heavy (non-hydrogen) atoms. The molecule has 1 N–H and O–H groups in total. The molecule has 0 aromatic heterocycles. The lowest BCUT2D eigenvalue weighted by molar-refractivity contribution is -0.179. The second-order valence-electron chi connectivity index (χ2n) is 6.42. The number of ether oxygens (including phenoxy) is 1. The molecule has 0 amide bonds. The Hall–Kier alpha value is -0.900. The van der Waals surface area contributed by atoms with Gasteiger partial charge in [-0.2, -0.15) is 0 Å². The lowest BCUT2D eigenvalue weighted by Crippen LogP contribution is -2.64. The highest BCUT2D eigenvalue weighted by Gasteiger charge is 2.44. The molecule has 1 aromatic carbocycles. The molecule has 1 aromatic rings.